The van der Waals surface area contributed by atoms with Crippen molar-refractivity contribution in [2.75, 3.05) is 27.7 Å². The number of ether oxygens (including phenoxy) is 1. The van der Waals surface area contributed by atoms with Crippen LogP contribution >= 0.6 is 0 Å². The molecule has 1 spiro atoms. The summed E-state index contributed by atoms with van der Waals surface area (Å²) >= 11 is 0. The summed E-state index contributed by atoms with van der Waals surface area (Å²) in [6, 6.07) is 27.8. The van der Waals surface area contributed by atoms with Crippen molar-refractivity contribution in [3.05, 3.63) is 101 Å². The van der Waals surface area contributed by atoms with Crippen molar-refractivity contribution < 1.29 is 9.53 Å². The Morgan fingerprint density at radius 3 is 2.51 bits per heavy atom. The van der Waals surface area contributed by atoms with E-state index < -0.39 is 0 Å². The lowest BCUT2D eigenvalue weighted by atomic mass is 9.68. The van der Waals surface area contributed by atoms with E-state index >= 15 is 0 Å². The fourth-order valence-corrected chi connectivity index (χ4v) is 7.44. The summed E-state index contributed by atoms with van der Waals surface area (Å²) in [7, 11) is 6.07. The molecule has 6 rings (SSSR count). The van der Waals surface area contributed by atoms with Gasteiger partial charge in [-0.2, -0.15) is 0 Å². The number of carbonyl (C=O) groups is 1. The SMILES string of the molecule is COc1cccc(CC(=O)N2CCc3c([nH]c4ccccc34)C23CCC(C(c2ccccc2)N(C)C)CC3)c1. The molecular formula is C34H39N3O2. The van der Waals surface area contributed by atoms with Crippen molar-refractivity contribution in [3.63, 3.8) is 0 Å². The van der Waals surface area contributed by atoms with Crippen LogP contribution in [-0.4, -0.2) is 48.4 Å². The number of nitrogens with zero attached hydrogens (tertiary/aromatic N) is 2. The van der Waals surface area contributed by atoms with Gasteiger partial charge in [0.15, 0.2) is 0 Å². The van der Waals surface area contributed by atoms with E-state index in [1.807, 2.05) is 24.3 Å². The van der Waals surface area contributed by atoms with Gasteiger partial charge in [0, 0.05) is 29.2 Å². The van der Waals surface area contributed by atoms with Crippen molar-refractivity contribution in [3.8, 4) is 5.75 Å². The average Bonchev–Trinajstić information content (AvgIpc) is 3.35. The van der Waals surface area contributed by atoms with Crippen LogP contribution in [0.25, 0.3) is 10.9 Å². The second kappa shape index (κ2) is 10.5. The molecular weight excluding hydrogens is 482 g/mol. The standard InChI is InChI=1S/C34H39N3O2/c1-36(2)32(25-11-5-4-6-12-25)26-16-19-34(20-17-26)33-29(28-14-7-8-15-30(28)35-33)18-21-37(34)31(38)23-24-10-9-13-27(22-24)39-3/h4-15,22,26,32,35H,16-21,23H2,1-3H3. The predicted octanol–water partition coefficient (Wildman–Crippen LogP) is 6.49. The van der Waals surface area contributed by atoms with Gasteiger partial charge in [-0.15, -0.1) is 0 Å². The van der Waals surface area contributed by atoms with Crippen molar-refractivity contribution in [2.45, 2.75) is 50.1 Å². The topological polar surface area (TPSA) is 48.6 Å². The number of hydrogen-bond acceptors (Lipinski definition) is 3. The van der Waals surface area contributed by atoms with E-state index in [2.05, 4.69) is 83.5 Å². The molecule has 1 aliphatic carbocycles. The third kappa shape index (κ3) is 4.63. The van der Waals surface area contributed by atoms with Crippen molar-refractivity contribution in [1.29, 1.82) is 0 Å². The molecule has 1 amide bonds. The first kappa shape index (κ1) is 25.7. The molecule has 2 aliphatic rings. The van der Waals surface area contributed by atoms with Gasteiger partial charge in [-0.3, -0.25) is 4.79 Å². The Hall–Kier alpha value is -3.57. The van der Waals surface area contributed by atoms with Crippen molar-refractivity contribution in [2.24, 2.45) is 5.92 Å². The Morgan fingerprint density at radius 2 is 1.77 bits per heavy atom. The van der Waals surface area contributed by atoms with Gasteiger partial charge in [-0.25, -0.2) is 0 Å². The first-order valence-electron chi connectivity index (χ1n) is 14.2. The molecule has 5 heteroatoms. The fourth-order valence-electron chi connectivity index (χ4n) is 7.44. The van der Waals surface area contributed by atoms with Crippen LogP contribution in [0.2, 0.25) is 0 Å². The molecule has 2 heterocycles. The monoisotopic (exact) mass is 521 g/mol. The van der Waals surface area contributed by atoms with Crippen LogP contribution in [0.4, 0.5) is 0 Å². The normalized spacial score (nSPS) is 21.7. The number of rotatable bonds is 6. The molecule has 3 aromatic carbocycles. The lowest BCUT2D eigenvalue weighted by Crippen LogP contribution is -2.56. The molecule has 0 saturated heterocycles. The highest BCUT2D eigenvalue weighted by Gasteiger charge is 2.49. The first-order chi connectivity index (χ1) is 19.0. The van der Waals surface area contributed by atoms with Gasteiger partial charge in [-0.1, -0.05) is 60.7 Å². The second-order valence-electron chi connectivity index (χ2n) is 11.5. The summed E-state index contributed by atoms with van der Waals surface area (Å²) in [6.07, 6.45) is 5.38. The number of benzene rings is 3. The Kier molecular flexibility index (Phi) is 6.94. The number of carbonyl (C=O) groups excluding carboxylic acids is 1. The molecule has 1 atom stereocenters. The number of para-hydroxylation sites is 1. The number of fused-ring (bicyclic) bond motifs is 4. The van der Waals surface area contributed by atoms with Crippen LogP contribution in [0, 0.1) is 5.92 Å². The maximum atomic E-state index is 14.1. The molecule has 0 bridgehead atoms. The van der Waals surface area contributed by atoms with Gasteiger partial charge in [0.25, 0.3) is 0 Å². The summed E-state index contributed by atoms with van der Waals surface area (Å²) in [5, 5.41) is 1.31. The van der Waals surface area contributed by atoms with Gasteiger partial charge in [0.05, 0.1) is 19.1 Å². The highest BCUT2D eigenvalue weighted by Crippen LogP contribution is 2.51. The summed E-state index contributed by atoms with van der Waals surface area (Å²) < 4.78 is 5.43. The van der Waals surface area contributed by atoms with Gasteiger partial charge in [0.2, 0.25) is 5.91 Å². The number of aromatic amines is 1. The van der Waals surface area contributed by atoms with Crippen molar-refractivity contribution in [1.82, 2.24) is 14.8 Å². The average molecular weight is 522 g/mol. The van der Waals surface area contributed by atoms with Crippen LogP contribution in [0.5, 0.6) is 5.75 Å². The van der Waals surface area contributed by atoms with E-state index in [9.17, 15) is 4.79 Å². The Bertz CT molecular complexity index is 1450. The Balaban J connectivity index is 1.35. The number of amides is 1. The molecule has 202 valence electrons. The number of H-pyrrole nitrogens is 1. The van der Waals surface area contributed by atoms with Crippen LogP contribution in [0.3, 0.4) is 0 Å². The van der Waals surface area contributed by atoms with Crippen LogP contribution < -0.4 is 4.74 Å². The maximum absolute atomic E-state index is 14.1. The molecule has 1 saturated carbocycles. The van der Waals surface area contributed by atoms with E-state index in [0.29, 0.717) is 18.4 Å². The van der Waals surface area contributed by atoms with Crippen LogP contribution in [0.15, 0.2) is 78.9 Å². The third-order valence-electron chi connectivity index (χ3n) is 9.17. The zero-order valence-corrected chi connectivity index (χ0v) is 23.3. The minimum atomic E-state index is -0.299. The van der Waals surface area contributed by atoms with Gasteiger partial charge in [-0.05, 0) is 87.0 Å². The van der Waals surface area contributed by atoms with Gasteiger partial charge in [0.1, 0.15) is 5.75 Å². The summed E-state index contributed by atoms with van der Waals surface area (Å²) in [4.78, 5) is 22.5. The lowest BCUT2D eigenvalue weighted by molar-refractivity contribution is -0.141. The lowest BCUT2D eigenvalue weighted by Gasteiger charge is -2.52. The molecule has 1 aromatic heterocycles. The molecule has 1 fully saturated rings. The molecule has 5 nitrogen and oxygen atoms in total. The smallest absolute Gasteiger partial charge is 0.227 e. The summed E-state index contributed by atoms with van der Waals surface area (Å²) in [6.45, 7) is 0.762. The van der Waals surface area contributed by atoms with Crippen LogP contribution in [-0.2, 0) is 23.2 Å². The molecule has 4 aromatic rings. The molecule has 1 N–H and O–H groups in total. The van der Waals surface area contributed by atoms with Gasteiger partial charge < -0.3 is 19.5 Å². The van der Waals surface area contributed by atoms with Gasteiger partial charge >= 0.3 is 0 Å². The zero-order valence-electron chi connectivity index (χ0n) is 23.3. The number of aromatic nitrogens is 1. The molecule has 39 heavy (non-hydrogen) atoms. The minimum Gasteiger partial charge on any atom is -0.497 e. The second-order valence-corrected chi connectivity index (χ2v) is 11.5. The highest BCUT2D eigenvalue weighted by molar-refractivity contribution is 5.87. The third-order valence-corrected chi connectivity index (χ3v) is 9.17. The highest BCUT2D eigenvalue weighted by atomic mass is 16.5. The maximum Gasteiger partial charge on any atom is 0.227 e. The van der Waals surface area contributed by atoms with E-state index in [1.165, 1.54) is 27.7 Å². The Morgan fingerprint density at radius 1 is 1.03 bits per heavy atom. The Labute approximate surface area is 231 Å². The zero-order chi connectivity index (χ0) is 27.0. The van der Waals surface area contributed by atoms with Crippen molar-refractivity contribution >= 4 is 16.8 Å². The molecule has 1 unspecified atom stereocenters. The molecule has 1 aliphatic heterocycles. The summed E-state index contributed by atoms with van der Waals surface area (Å²) in [5.74, 6) is 1.54. The van der Waals surface area contributed by atoms with E-state index in [1.54, 1.807) is 7.11 Å². The summed E-state index contributed by atoms with van der Waals surface area (Å²) in [5.41, 5.74) is 5.94. The van der Waals surface area contributed by atoms with E-state index in [0.717, 1.165) is 50.0 Å². The van der Waals surface area contributed by atoms with E-state index in [4.69, 9.17) is 4.74 Å². The van der Waals surface area contributed by atoms with E-state index in [-0.39, 0.29) is 11.4 Å². The largest absolute Gasteiger partial charge is 0.497 e. The molecule has 0 radical (unpaired) electrons. The number of methoxy groups -OCH3 is 1. The fraction of sp³-hybridized carbons (Fsp3) is 0.382. The first-order valence-corrected chi connectivity index (χ1v) is 14.2. The van der Waals surface area contributed by atoms with Crippen LogP contribution in [0.1, 0.15) is 54.1 Å². The number of hydrogen-bond donors (Lipinski definition) is 1. The quantitative estimate of drug-likeness (QED) is 0.315. The number of nitrogens with one attached hydrogen (secondary N) is 1. The minimum absolute atomic E-state index is 0.207. The predicted molar refractivity (Wildman–Crippen MR) is 157 cm³/mol.